The van der Waals surface area contributed by atoms with Crippen molar-refractivity contribution in [3.8, 4) is 17.5 Å². The van der Waals surface area contributed by atoms with Crippen LogP contribution in [0.4, 0.5) is 17.6 Å². The minimum Gasteiger partial charge on any atom is -0.335 e. The molecule has 192 valence electrons. The Morgan fingerprint density at radius 3 is 2.39 bits per heavy atom. The molecule has 2 heterocycles. The molecule has 1 fully saturated rings. The van der Waals surface area contributed by atoms with Gasteiger partial charge in [-0.2, -0.15) is 23.2 Å². The average Bonchev–Trinajstić information content (AvgIpc) is 3.42. The van der Waals surface area contributed by atoms with E-state index in [4.69, 9.17) is 0 Å². The van der Waals surface area contributed by atoms with Crippen molar-refractivity contribution in [2.45, 2.75) is 75.5 Å². The molecule has 1 aliphatic rings. The molecule has 2 aromatic heterocycles. The van der Waals surface area contributed by atoms with Crippen molar-refractivity contribution >= 4 is 20.9 Å². The Morgan fingerprint density at radius 1 is 1.19 bits per heavy atom. The normalized spacial score (nSPS) is 15.5. The summed E-state index contributed by atoms with van der Waals surface area (Å²) in [5.41, 5.74) is -0.518. The van der Waals surface area contributed by atoms with Gasteiger partial charge in [0.05, 0.1) is 22.5 Å². The minimum absolute atomic E-state index is 0.0548. The van der Waals surface area contributed by atoms with E-state index in [0.29, 0.717) is 28.6 Å². The number of nitrogens with zero attached hydrogens (tertiary/aromatic N) is 3. The fourth-order valence-corrected chi connectivity index (χ4v) is 6.03. The average molecular weight is 523 g/mol. The van der Waals surface area contributed by atoms with E-state index in [9.17, 15) is 31.2 Å². The maximum Gasteiger partial charge on any atom is 0.407 e. The van der Waals surface area contributed by atoms with Crippen LogP contribution in [0.1, 0.15) is 63.6 Å². The molecule has 1 aliphatic carbocycles. The highest BCUT2D eigenvalue weighted by Crippen LogP contribution is 2.41. The number of benzene rings is 1. The van der Waals surface area contributed by atoms with Gasteiger partial charge in [-0.05, 0) is 62.9 Å². The maximum absolute atomic E-state index is 14.7. The van der Waals surface area contributed by atoms with Gasteiger partial charge in [0.25, 0.3) is 0 Å². The maximum atomic E-state index is 14.7. The van der Waals surface area contributed by atoms with E-state index in [1.165, 1.54) is 12.1 Å². The highest BCUT2D eigenvalue weighted by molar-refractivity contribution is 7.89. The van der Waals surface area contributed by atoms with Crippen molar-refractivity contribution in [3.05, 3.63) is 47.4 Å². The second kappa shape index (κ2) is 9.16. The van der Waals surface area contributed by atoms with E-state index in [1.54, 1.807) is 10.8 Å². The van der Waals surface area contributed by atoms with Crippen LogP contribution in [-0.2, 0) is 16.4 Å². The number of halogens is 4. The molecule has 0 amide bonds. The van der Waals surface area contributed by atoms with Gasteiger partial charge in [0.1, 0.15) is 22.3 Å². The first-order chi connectivity index (χ1) is 16.8. The predicted octanol–water partition coefficient (Wildman–Crippen LogP) is 6.01. The summed E-state index contributed by atoms with van der Waals surface area (Å²) in [6.45, 7) is 3.30. The summed E-state index contributed by atoms with van der Waals surface area (Å²) in [7, 11) is -4.53. The summed E-state index contributed by atoms with van der Waals surface area (Å²) < 4.78 is 83.3. The first-order valence-electron chi connectivity index (χ1n) is 11.6. The van der Waals surface area contributed by atoms with E-state index in [2.05, 4.69) is 11.1 Å². The van der Waals surface area contributed by atoms with Crippen molar-refractivity contribution in [2.24, 2.45) is 0 Å². The van der Waals surface area contributed by atoms with E-state index < -0.39 is 32.5 Å². The Balaban J connectivity index is 1.86. The zero-order valence-corrected chi connectivity index (χ0v) is 20.9. The first-order valence-corrected chi connectivity index (χ1v) is 13.1. The number of rotatable bonds is 6. The van der Waals surface area contributed by atoms with E-state index in [0.717, 1.165) is 51.8 Å². The van der Waals surface area contributed by atoms with Crippen LogP contribution in [0.25, 0.3) is 22.3 Å². The third-order valence-electron chi connectivity index (χ3n) is 6.74. The summed E-state index contributed by atoms with van der Waals surface area (Å²) in [5.74, 6) is -0.413. The molecule has 0 spiro atoms. The van der Waals surface area contributed by atoms with Crippen molar-refractivity contribution in [1.82, 2.24) is 14.3 Å². The molecule has 1 saturated carbocycles. The molecule has 0 atom stereocenters. The predicted molar refractivity (Wildman–Crippen MR) is 127 cm³/mol. The fourth-order valence-electron chi connectivity index (χ4n) is 4.68. The monoisotopic (exact) mass is 522 g/mol. The van der Waals surface area contributed by atoms with Gasteiger partial charge in [0.15, 0.2) is 0 Å². The summed E-state index contributed by atoms with van der Waals surface area (Å²) in [6, 6.07) is 7.83. The number of alkyl halides is 3. The van der Waals surface area contributed by atoms with Gasteiger partial charge in [0, 0.05) is 17.6 Å². The van der Waals surface area contributed by atoms with Crippen LogP contribution in [-0.4, -0.2) is 29.7 Å². The van der Waals surface area contributed by atoms with Crippen molar-refractivity contribution in [1.29, 1.82) is 5.26 Å². The van der Waals surface area contributed by atoms with Gasteiger partial charge in [-0.25, -0.2) is 12.8 Å². The topological polar surface area (TPSA) is 87.8 Å². The summed E-state index contributed by atoms with van der Waals surface area (Å²) in [5, 5.41) is 10.5. The lowest BCUT2D eigenvalue weighted by Crippen LogP contribution is -2.54. The Labute approximate surface area is 207 Å². The molecule has 1 aromatic carbocycles. The van der Waals surface area contributed by atoms with E-state index in [1.807, 2.05) is 11.5 Å². The highest BCUT2D eigenvalue weighted by Gasteiger charge is 2.49. The number of nitrogens with one attached hydrogen (secondary N) is 1. The summed E-state index contributed by atoms with van der Waals surface area (Å²) in [4.78, 5) is 3.80. The summed E-state index contributed by atoms with van der Waals surface area (Å²) >= 11 is 0. The molecule has 0 bridgehead atoms. The summed E-state index contributed by atoms with van der Waals surface area (Å²) in [6.07, 6.45) is 0.370. The number of pyridine rings is 1. The van der Waals surface area contributed by atoms with Crippen LogP contribution >= 0.6 is 0 Å². The quantitative estimate of drug-likeness (QED) is 0.402. The number of fused-ring (bicyclic) bond motifs is 1. The molecular weight excluding hydrogens is 496 g/mol. The Hall–Kier alpha value is -2.97. The van der Waals surface area contributed by atoms with E-state index in [-0.39, 0.29) is 17.3 Å². The number of hydrogen-bond donors (Lipinski definition) is 1. The Bertz CT molecular complexity index is 1450. The molecule has 4 rings (SSSR count). The molecule has 3 aromatic rings. The van der Waals surface area contributed by atoms with Crippen LogP contribution in [0.2, 0.25) is 0 Å². The van der Waals surface area contributed by atoms with Gasteiger partial charge in [-0.3, -0.25) is 4.98 Å². The molecule has 0 aliphatic heterocycles. The van der Waals surface area contributed by atoms with Gasteiger partial charge in [-0.15, -0.1) is 0 Å². The lowest BCUT2D eigenvalue weighted by atomic mass is 10.1. The molecule has 0 unspecified atom stereocenters. The standard InChI is InChI=1S/C25H26F4N4O2S/c1-4-15-11-22-18(12-20(15)26)19(13-30)23(33(22)16-7-5-6-8-16)21-10-9-17(14-31-21)36(34,35)32-24(2,3)25(27,28)29/h9-12,14,16,32H,4-8H2,1-3H3. The Morgan fingerprint density at radius 2 is 1.86 bits per heavy atom. The minimum atomic E-state index is -4.80. The molecule has 1 N–H and O–H groups in total. The van der Waals surface area contributed by atoms with Crippen LogP contribution in [0.3, 0.4) is 0 Å². The number of sulfonamides is 1. The van der Waals surface area contributed by atoms with Crippen LogP contribution in [0, 0.1) is 17.1 Å². The first kappa shape index (κ1) is 26.1. The fraction of sp³-hybridized carbons (Fsp3) is 0.440. The zero-order valence-electron chi connectivity index (χ0n) is 20.1. The largest absolute Gasteiger partial charge is 0.407 e. The number of aromatic nitrogens is 2. The van der Waals surface area contributed by atoms with Gasteiger partial charge >= 0.3 is 6.18 Å². The van der Waals surface area contributed by atoms with Gasteiger partial charge in [0.2, 0.25) is 10.0 Å². The molecular formula is C25H26F4N4O2S. The van der Waals surface area contributed by atoms with E-state index >= 15 is 0 Å². The van der Waals surface area contributed by atoms with Crippen molar-refractivity contribution in [2.75, 3.05) is 0 Å². The highest BCUT2D eigenvalue weighted by atomic mass is 32.2. The number of nitriles is 1. The van der Waals surface area contributed by atoms with Crippen LogP contribution < -0.4 is 4.72 Å². The molecule has 0 radical (unpaired) electrons. The second-order valence-electron chi connectivity index (χ2n) is 9.57. The third kappa shape index (κ3) is 4.48. The molecule has 6 nitrogen and oxygen atoms in total. The molecule has 36 heavy (non-hydrogen) atoms. The lowest BCUT2D eigenvalue weighted by Gasteiger charge is -2.28. The lowest BCUT2D eigenvalue weighted by molar-refractivity contribution is -0.180. The van der Waals surface area contributed by atoms with Crippen LogP contribution in [0.5, 0.6) is 0 Å². The molecule has 0 saturated heterocycles. The van der Waals surface area contributed by atoms with Crippen molar-refractivity contribution < 1.29 is 26.0 Å². The Kier molecular flexibility index (Phi) is 6.64. The SMILES string of the molecule is CCc1cc2c(cc1F)c(C#N)c(-c1ccc(S(=O)(=O)NC(C)(C)C(F)(F)F)cn1)n2C1CCCC1. The van der Waals surface area contributed by atoms with Gasteiger partial charge < -0.3 is 4.57 Å². The number of aryl methyl sites for hydroxylation is 1. The smallest absolute Gasteiger partial charge is 0.335 e. The van der Waals surface area contributed by atoms with Crippen molar-refractivity contribution in [3.63, 3.8) is 0 Å². The second-order valence-corrected chi connectivity index (χ2v) is 11.2. The van der Waals surface area contributed by atoms with Gasteiger partial charge in [-0.1, -0.05) is 19.8 Å². The zero-order chi connectivity index (χ0) is 26.5. The number of hydrogen-bond acceptors (Lipinski definition) is 4. The third-order valence-corrected chi connectivity index (χ3v) is 8.38. The van der Waals surface area contributed by atoms with Crippen LogP contribution in [0.15, 0.2) is 35.4 Å². The molecule has 11 heteroatoms.